The maximum Gasteiger partial charge on any atom is 0.134 e. The van der Waals surface area contributed by atoms with E-state index in [2.05, 4.69) is 16.0 Å². The molecule has 2 aliphatic heterocycles. The standard InChI is InChI=1S/C12H15ClN2.ClH/c13-11-10(4-1-7-14-11)12-5-2-8-15(12)9-3-6-12;/h1,4,7H,2-3,5-6,8-9H2;1H. The molecule has 0 aromatic carbocycles. The van der Waals surface area contributed by atoms with Gasteiger partial charge in [-0.2, -0.15) is 0 Å². The third kappa shape index (κ3) is 1.64. The molecule has 0 bridgehead atoms. The second-order valence-corrected chi connectivity index (χ2v) is 4.93. The van der Waals surface area contributed by atoms with Gasteiger partial charge in [0.2, 0.25) is 0 Å². The van der Waals surface area contributed by atoms with E-state index in [1.54, 1.807) is 6.20 Å². The summed E-state index contributed by atoms with van der Waals surface area (Å²) in [4.78, 5) is 6.81. The molecule has 0 aliphatic carbocycles. The predicted octanol–water partition coefficient (Wildman–Crippen LogP) is 3.24. The zero-order valence-electron chi connectivity index (χ0n) is 9.16. The van der Waals surface area contributed by atoms with Gasteiger partial charge in [0.1, 0.15) is 5.15 Å². The van der Waals surface area contributed by atoms with E-state index in [9.17, 15) is 0 Å². The number of fused-ring (bicyclic) bond motifs is 1. The molecule has 0 saturated carbocycles. The SMILES string of the molecule is Cl.Clc1ncccc1C12CCCN1CCC2. The summed E-state index contributed by atoms with van der Waals surface area (Å²) in [5, 5.41) is 0.700. The van der Waals surface area contributed by atoms with Crippen LogP contribution in [-0.4, -0.2) is 23.0 Å². The van der Waals surface area contributed by atoms with Gasteiger partial charge in [-0.15, -0.1) is 12.4 Å². The van der Waals surface area contributed by atoms with Gasteiger partial charge in [-0.1, -0.05) is 17.7 Å². The molecule has 0 unspecified atom stereocenters. The minimum atomic E-state index is 0. The summed E-state index contributed by atoms with van der Waals surface area (Å²) in [5.41, 5.74) is 1.48. The van der Waals surface area contributed by atoms with Crippen LogP contribution >= 0.6 is 24.0 Å². The van der Waals surface area contributed by atoms with Gasteiger partial charge in [0.05, 0.1) is 0 Å². The lowest BCUT2D eigenvalue weighted by Crippen LogP contribution is -2.35. The number of nitrogens with zero attached hydrogens (tertiary/aromatic N) is 2. The minimum Gasteiger partial charge on any atom is -0.293 e. The van der Waals surface area contributed by atoms with E-state index in [4.69, 9.17) is 11.6 Å². The Morgan fingerprint density at radius 3 is 2.56 bits per heavy atom. The zero-order valence-corrected chi connectivity index (χ0v) is 10.7. The van der Waals surface area contributed by atoms with Gasteiger partial charge < -0.3 is 0 Å². The smallest absolute Gasteiger partial charge is 0.134 e. The van der Waals surface area contributed by atoms with Crippen LogP contribution in [0.4, 0.5) is 0 Å². The maximum atomic E-state index is 6.23. The molecular formula is C12H16Cl2N2. The molecule has 0 spiro atoms. The third-order valence-corrected chi connectivity index (χ3v) is 4.20. The van der Waals surface area contributed by atoms with E-state index in [0.717, 1.165) is 0 Å². The quantitative estimate of drug-likeness (QED) is 0.720. The summed E-state index contributed by atoms with van der Waals surface area (Å²) in [6.45, 7) is 2.45. The van der Waals surface area contributed by atoms with Crippen LogP contribution in [0, 0.1) is 0 Å². The molecule has 2 nitrogen and oxygen atoms in total. The molecule has 16 heavy (non-hydrogen) atoms. The van der Waals surface area contributed by atoms with Crippen LogP contribution in [0.2, 0.25) is 5.15 Å². The van der Waals surface area contributed by atoms with Crippen molar-refractivity contribution in [3.8, 4) is 0 Å². The predicted molar refractivity (Wildman–Crippen MR) is 68.2 cm³/mol. The Labute approximate surface area is 107 Å². The van der Waals surface area contributed by atoms with Gasteiger partial charge in [-0.3, -0.25) is 4.90 Å². The van der Waals surface area contributed by atoms with Crippen LogP contribution in [0.1, 0.15) is 31.2 Å². The molecule has 1 aromatic heterocycles. The van der Waals surface area contributed by atoms with E-state index in [0.29, 0.717) is 5.15 Å². The average Bonchev–Trinajstić information content (AvgIpc) is 2.77. The van der Waals surface area contributed by atoms with Crippen molar-refractivity contribution in [3.05, 3.63) is 29.0 Å². The number of hydrogen-bond acceptors (Lipinski definition) is 2. The van der Waals surface area contributed by atoms with E-state index in [-0.39, 0.29) is 17.9 Å². The lowest BCUT2D eigenvalue weighted by atomic mass is 9.87. The zero-order chi connectivity index (χ0) is 10.3. The summed E-state index contributed by atoms with van der Waals surface area (Å²) in [7, 11) is 0. The average molecular weight is 259 g/mol. The fourth-order valence-corrected chi connectivity index (χ4v) is 3.57. The van der Waals surface area contributed by atoms with Crippen molar-refractivity contribution in [1.29, 1.82) is 0 Å². The van der Waals surface area contributed by atoms with Crippen LogP contribution in [-0.2, 0) is 5.54 Å². The van der Waals surface area contributed by atoms with Crippen molar-refractivity contribution in [2.45, 2.75) is 31.2 Å². The maximum absolute atomic E-state index is 6.23. The Morgan fingerprint density at radius 2 is 1.94 bits per heavy atom. The molecule has 88 valence electrons. The molecule has 2 fully saturated rings. The van der Waals surface area contributed by atoms with Gasteiger partial charge in [0.25, 0.3) is 0 Å². The molecular weight excluding hydrogens is 243 g/mol. The van der Waals surface area contributed by atoms with Crippen LogP contribution in [0.25, 0.3) is 0 Å². The molecule has 3 rings (SSSR count). The second-order valence-electron chi connectivity index (χ2n) is 4.57. The molecule has 2 aliphatic rings. The fraction of sp³-hybridized carbons (Fsp3) is 0.583. The molecule has 0 atom stereocenters. The van der Waals surface area contributed by atoms with Gasteiger partial charge in [0.15, 0.2) is 0 Å². The van der Waals surface area contributed by atoms with Gasteiger partial charge in [-0.25, -0.2) is 4.98 Å². The normalized spacial score (nSPS) is 22.8. The first kappa shape index (κ1) is 12.2. The lowest BCUT2D eigenvalue weighted by Gasteiger charge is -2.32. The van der Waals surface area contributed by atoms with Gasteiger partial charge in [0, 0.05) is 17.3 Å². The topological polar surface area (TPSA) is 16.1 Å². The van der Waals surface area contributed by atoms with Gasteiger partial charge in [-0.05, 0) is 44.8 Å². The van der Waals surface area contributed by atoms with Crippen molar-refractivity contribution in [1.82, 2.24) is 9.88 Å². The number of halogens is 2. The number of aromatic nitrogens is 1. The highest BCUT2D eigenvalue weighted by molar-refractivity contribution is 6.30. The highest BCUT2D eigenvalue weighted by Gasteiger charge is 2.46. The van der Waals surface area contributed by atoms with E-state index >= 15 is 0 Å². The van der Waals surface area contributed by atoms with Crippen molar-refractivity contribution >= 4 is 24.0 Å². The Kier molecular flexibility index (Phi) is 3.43. The van der Waals surface area contributed by atoms with E-state index in [1.165, 1.54) is 44.3 Å². The van der Waals surface area contributed by atoms with Crippen molar-refractivity contribution in [2.75, 3.05) is 13.1 Å². The number of rotatable bonds is 1. The fourth-order valence-electron chi connectivity index (χ4n) is 3.28. The Bertz CT molecular complexity index is 371. The van der Waals surface area contributed by atoms with Crippen LogP contribution in [0.15, 0.2) is 18.3 Å². The van der Waals surface area contributed by atoms with Crippen molar-refractivity contribution in [3.63, 3.8) is 0 Å². The Balaban J connectivity index is 0.000000963. The second kappa shape index (κ2) is 4.52. The molecule has 4 heteroatoms. The summed E-state index contributed by atoms with van der Waals surface area (Å²) >= 11 is 6.23. The minimum absolute atomic E-state index is 0. The molecule has 2 saturated heterocycles. The number of hydrogen-bond donors (Lipinski definition) is 0. The van der Waals surface area contributed by atoms with E-state index in [1.807, 2.05) is 6.07 Å². The molecule has 0 N–H and O–H groups in total. The number of pyridine rings is 1. The monoisotopic (exact) mass is 258 g/mol. The molecule has 3 heterocycles. The highest BCUT2D eigenvalue weighted by Crippen LogP contribution is 2.48. The highest BCUT2D eigenvalue weighted by atomic mass is 35.5. The van der Waals surface area contributed by atoms with Crippen molar-refractivity contribution < 1.29 is 0 Å². The largest absolute Gasteiger partial charge is 0.293 e. The Hall–Kier alpha value is -0.310. The molecule has 0 radical (unpaired) electrons. The summed E-state index contributed by atoms with van der Waals surface area (Å²) < 4.78 is 0. The van der Waals surface area contributed by atoms with Crippen LogP contribution < -0.4 is 0 Å². The molecule has 0 amide bonds. The van der Waals surface area contributed by atoms with Crippen LogP contribution in [0.5, 0.6) is 0 Å². The van der Waals surface area contributed by atoms with E-state index < -0.39 is 0 Å². The summed E-state index contributed by atoms with van der Waals surface area (Å²) in [6, 6.07) is 4.16. The van der Waals surface area contributed by atoms with Crippen molar-refractivity contribution in [2.24, 2.45) is 0 Å². The lowest BCUT2D eigenvalue weighted by molar-refractivity contribution is 0.197. The summed E-state index contributed by atoms with van der Waals surface area (Å²) in [6.07, 6.45) is 6.87. The Morgan fingerprint density at radius 1 is 1.25 bits per heavy atom. The van der Waals surface area contributed by atoms with Gasteiger partial charge >= 0.3 is 0 Å². The first-order valence-electron chi connectivity index (χ1n) is 5.69. The summed E-state index contributed by atoms with van der Waals surface area (Å²) in [5.74, 6) is 0. The first-order valence-corrected chi connectivity index (χ1v) is 6.07. The van der Waals surface area contributed by atoms with Crippen LogP contribution in [0.3, 0.4) is 0 Å². The first-order chi connectivity index (χ1) is 7.33. The molecule has 1 aromatic rings. The third-order valence-electron chi connectivity index (χ3n) is 3.90.